The lowest BCUT2D eigenvalue weighted by atomic mass is 10.1. The average Bonchev–Trinajstić information content (AvgIpc) is 3.48. The van der Waals surface area contributed by atoms with Crippen LogP contribution in [0.15, 0.2) is 47.3 Å². The second-order valence-electron chi connectivity index (χ2n) is 7.62. The molecule has 0 atom stereocenters. The maximum absolute atomic E-state index is 13.6. The van der Waals surface area contributed by atoms with Crippen LogP contribution in [0.5, 0.6) is 5.75 Å². The second-order valence-corrected chi connectivity index (χ2v) is 9.55. The summed E-state index contributed by atoms with van der Waals surface area (Å²) >= 11 is 0. The van der Waals surface area contributed by atoms with Gasteiger partial charge in [0, 0.05) is 50.7 Å². The maximum Gasteiger partial charge on any atom is 0.306 e. The van der Waals surface area contributed by atoms with E-state index in [1.807, 2.05) is 6.92 Å². The molecule has 4 aromatic rings. The van der Waals surface area contributed by atoms with Crippen molar-refractivity contribution in [2.24, 2.45) is 0 Å². The van der Waals surface area contributed by atoms with Crippen molar-refractivity contribution in [3.63, 3.8) is 0 Å². The van der Waals surface area contributed by atoms with Gasteiger partial charge in [0.15, 0.2) is 11.6 Å². The number of rotatable bonds is 7. The highest BCUT2D eigenvalue weighted by molar-refractivity contribution is 7.87. The number of phenols is 1. The van der Waals surface area contributed by atoms with Crippen LogP contribution in [0.4, 0.5) is 10.3 Å². The van der Waals surface area contributed by atoms with Crippen LogP contribution >= 0.6 is 0 Å². The molecule has 0 saturated carbocycles. The molecule has 3 aromatic heterocycles. The average molecular weight is 488 g/mol. The third-order valence-electron chi connectivity index (χ3n) is 5.63. The zero-order chi connectivity index (χ0) is 23.9. The van der Waals surface area contributed by atoms with Gasteiger partial charge in [0.1, 0.15) is 17.7 Å². The van der Waals surface area contributed by atoms with E-state index in [1.165, 1.54) is 27.0 Å². The summed E-state index contributed by atoms with van der Waals surface area (Å²) in [4.78, 5) is 13.3. The Balaban J connectivity index is 1.41. The summed E-state index contributed by atoms with van der Waals surface area (Å²) in [5, 5.41) is 12.9. The third-order valence-corrected chi connectivity index (χ3v) is 7.74. The monoisotopic (exact) mass is 487 g/mol. The third kappa shape index (κ3) is 3.87. The van der Waals surface area contributed by atoms with Crippen LogP contribution < -0.4 is 5.32 Å². The van der Waals surface area contributed by atoms with E-state index in [1.54, 1.807) is 22.9 Å². The van der Waals surface area contributed by atoms with Crippen molar-refractivity contribution >= 4 is 22.0 Å². The second kappa shape index (κ2) is 8.66. The number of nitrogens with one attached hydrogen (secondary N) is 1. The summed E-state index contributed by atoms with van der Waals surface area (Å²) in [7, 11) is -3.42. The number of imidazole rings is 1. The molecule has 1 aromatic carbocycles. The van der Waals surface area contributed by atoms with Crippen LogP contribution in [-0.2, 0) is 10.2 Å². The number of oxazole rings is 1. The number of fused-ring (bicyclic) bond motifs is 1. The molecule has 2 N–H and O–H groups in total. The van der Waals surface area contributed by atoms with E-state index in [0.29, 0.717) is 60.6 Å². The van der Waals surface area contributed by atoms with E-state index in [-0.39, 0.29) is 6.54 Å². The molecule has 178 valence electrons. The van der Waals surface area contributed by atoms with E-state index in [4.69, 9.17) is 4.42 Å². The van der Waals surface area contributed by atoms with Gasteiger partial charge in [0.05, 0.1) is 5.69 Å². The Hall–Kier alpha value is -3.55. The molecule has 5 rings (SSSR count). The largest absolute Gasteiger partial charge is 0.505 e. The molecule has 0 radical (unpaired) electrons. The first-order valence-corrected chi connectivity index (χ1v) is 12.0. The highest BCUT2D eigenvalue weighted by atomic mass is 32.2. The highest BCUT2D eigenvalue weighted by Crippen LogP contribution is 2.34. The van der Waals surface area contributed by atoms with Crippen molar-refractivity contribution in [2.45, 2.75) is 6.92 Å². The van der Waals surface area contributed by atoms with Crippen LogP contribution in [0.2, 0.25) is 0 Å². The summed E-state index contributed by atoms with van der Waals surface area (Å²) < 4.78 is 48.4. The number of likely N-dealkylation sites (N-methyl/N-ethyl adjacent to an activating group) is 1. The SMILES string of the molecule is CCN1CCN(CCNc2nccc(-c3c(-c4ccc(F)c(O)c4)nc4occn34)n2)S1(=O)=O. The lowest BCUT2D eigenvalue weighted by Crippen LogP contribution is -2.35. The number of halogens is 1. The van der Waals surface area contributed by atoms with Crippen molar-refractivity contribution in [1.82, 2.24) is 28.0 Å². The summed E-state index contributed by atoms with van der Waals surface area (Å²) in [5.74, 6) is -0.602. The molecule has 1 saturated heterocycles. The van der Waals surface area contributed by atoms with E-state index < -0.39 is 21.8 Å². The van der Waals surface area contributed by atoms with Gasteiger partial charge in [-0.1, -0.05) is 6.92 Å². The quantitative estimate of drug-likeness (QED) is 0.406. The minimum atomic E-state index is -3.42. The first-order valence-electron chi connectivity index (χ1n) is 10.7. The standard InChI is InChI=1S/C21H22FN7O4S/c1-2-27-9-10-28(34(27,31)32)8-7-24-20-23-6-5-16(25-20)19-18(26-21-29(19)11-12-33-21)14-3-4-15(22)17(30)13-14/h3-6,11-13,30H,2,7-10H2,1H3,(H,23,24,25). The van der Waals surface area contributed by atoms with Crippen molar-refractivity contribution in [1.29, 1.82) is 0 Å². The van der Waals surface area contributed by atoms with Gasteiger partial charge >= 0.3 is 5.84 Å². The Morgan fingerprint density at radius 2 is 2.03 bits per heavy atom. The number of benzene rings is 1. The fourth-order valence-corrected chi connectivity index (χ4v) is 5.53. The van der Waals surface area contributed by atoms with Gasteiger partial charge in [-0.25, -0.2) is 14.4 Å². The lowest BCUT2D eigenvalue weighted by Gasteiger charge is -2.17. The minimum Gasteiger partial charge on any atom is -0.505 e. The van der Waals surface area contributed by atoms with Crippen LogP contribution in [-0.4, -0.2) is 74.2 Å². The zero-order valence-electron chi connectivity index (χ0n) is 18.2. The van der Waals surface area contributed by atoms with Crippen molar-refractivity contribution < 1.29 is 22.3 Å². The van der Waals surface area contributed by atoms with Crippen LogP contribution in [0.3, 0.4) is 0 Å². The Bertz CT molecular complexity index is 1450. The van der Waals surface area contributed by atoms with Gasteiger partial charge in [0.2, 0.25) is 5.95 Å². The number of phenolic OH excluding ortho intramolecular Hbond substituents is 1. The van der Waals surface area contributed by atoms with E-state index >= 15 is 0 Å². The van der Waals surface area contributed by atoms with E-state index in [9.17, 15) is 17.9 Å². The highest BCUT2D eigenvalue weighted by Gasteiger charge is 2.34. The lowest BCUT2D eigenvalue weighted by molar-refractivity contribution is 0.432. The van der Waals surface area contributed by atoms with Crippen LogP contribution in [0.1, 0.15) is 6.92 Å². The molecule has 34 heavy (non-hydrogen) atoms. The number of hydrogen-bond acceptors (Lipinski definition) is 8. The molecule has 11 nitrogen and oxygen atoms in total. The molecule has 4 heterocycles. The van der Waals surface area contributed by atoms with E-state index in [0.717, 1.165) is 6.07 Å². The summed E-state index contributed by atoms with van der Waals surface area (Å²) in [6, 6.07) is 5.65. The number of anilines is 1. The number of aromatic hydroxyl groups is 1. The summed E-state index contributed by atoms with van der Waals surface area (Å²) in [6.45, 7) is 3.79. The van der Waals surface area contributed by atoms with Crippen molar-refractivity contribution in [2.75, 3.05) is 38.0 Å². The molecule has 1 aliphatic heterocycles. The van der Waals surface area contributed by atoms with Gasteiger partial charge in [-0.2, -0.15) is 22.0 Å². The van der Waals surface area contributed by atoms with Crippen LogP contribution in [0.25, 0.3) is 28.5 Å². The van der Waals surface area contributed by atoms with Crippen molar-refractivity contribution in [3.05, 3.63) is 48.7 Å². The summed E-state index contributed by atoms with van der Waals surface area (Å²) in [6.07, 6.45) is 4.73. The predicted octanol–water partition coefficient (Wildman–Crippen LogP) is 2.19. The first kappa shape index (κ1) is 22.3. The minimum absolute atomic E-state index is 0.283. The Kier molecular flexibility index (Phi) is 5.67. The molecular weight excluding hydrogens is 465 g/mol. The van der Waals surface area contributed by atoms with Gasteiger partial charge in [-0.15, -0.1) is 0 Å². The number of nitrogens with zero attached hydrogens (tertiary/aromatic N) is 6. The zero-order valence-corrected chi connectivity index (χ0v) is 19.0. The van der Waals surface area contributed by atoms with Gasteiger partial charge in [0.25, 0.3) is 10.2 Å². The Labute approximate surface area is 194 Å². The van der Waals surface area contributed by atoms with Gasteiger partial charge in [-0.3, -0.25) is 4.40 Å². The van der Waals surface area contributed by atoms with Gasteiger partial charge in [-0.05, 0) is 24.3 Å². The van der Waals surface area contributed by atoms with Crippen LogP contribution in [0, 0.1) is 5.82 Å². The first-order chi connectivity index (χ1) is 16.4. The molecule has 0 amide bonds. The Morgan fingerprint density at radius 3 is 2.79 bits per heavy atom. The molecule has 0 bridgehead atoms. The molecule has 0 spiro atoms. The van der Waals surface area contributed by atoms with E-state index in [2.05, 4.69) is 20.3 Å². The Morgan fingerprint density at radius 1 is 1.21 bits per heavy atom. The molecule has 1 aliphatic rings. The molecule has 0 unspecified atom stereocenters. The van der Waals surface area contributed by atoms with Gasteiger partial charge < -0.3 is 14.8 Å². The number of aromatic nitrogens is 4. The fraction of sp³-hybridized carbons (Fsp3) is 0.286. The maximum atomic E-state index is 13.6. The molecular formula is C21H22FN7O4S. The molecule has 1 fully saturated rings. The molecule has 13 heteroatoms. The normalized spacial score (nSPS) is 16.4. The smallest absolute Gasteiger partial charge is 0.306 e. The molecule has 0 aliphatic carbocycles. The summed E-state index contributed by atoms with van der Waals surface area (Å²) in [5.41, 5.74) is 2.01. The predicted molar refractivity (Wildman–Crippen MR) is 122 cm³/mol. The van der Waals surface area contributed by atoms with Crippen molar-refractivity contribution in [3.8, 4) is 28.4 Å². The fourth-order valence-electron chi connectivity index (χ4n) is 3.93. The topological polar surface area (TPSA) is 129 Å². The number of hydrogen-bond donors (Lipinski definition) is 2.